The summed E-state index contributed by atoms with van der Waals surface area (Å²) in [6.07, 6.45) is 1.53. The number of aromatic nitrogens is 2. The minimum atomic E-state index is -1.21. The molecule has 1 aromatic carbocycles. The van der Waals surface area contributed by atoms with Crippen LogP contribution in [0, 0.1) is 32.1 Å². The van der Waals surface area contributed by atoms with Crippen molar-refractivity contribution < 1.29 is 9.69 Å². The van der Waals surface area contributed by atoms with Gasteiger partial charge in [-0.25, -0.2) is 8.51 Å². The maximum atomic E-state index is 13.0. The molecule has 6 nitrogen and oxygen atoms in total. The fourth-order valence-electron chi connectivity index (χ4n) is 3.38. The van der Waals surface area contributed by atoms with E-state index in [1.807, 2.05) is 56.4 Å². The van der Waals surface area contributed by atoms with Gasteiger partial charge in [-0.15, -0.1) is 0 Å². The second-order valence-corrected chi connectivity index (χ2v) is 8.18. The first-order valence-corrected chi connectivity index (χ1v) is 9.89. The number of allylic oxidation sites excluding steroid dienone is 1. The molecule has 1 atom stereocenters. The second kappa shape index (κ2) is 8.61. The monoisotopic (exact) mass is 386 g/mol. The van der Waals surface area contributed by atoms with Crippen LogP contribution >= 0.6 is 0 Å². The zero-order valence-electron chi connectivity index (χ0n) is 16.2. The number of rotatable bonds is 3. The summed E-state index contributed by atoms with van der Waals surface area (Å²) in [7, 11) is 0.670. The third-order valence-corrected chi connectivity index (χ3v) is 6.76. The van der Waals surface area contributed by atoms with Gasteiger partial charge in [0.15, 0.2) is 0 Å². The minimum absolute atomic E-state index is 0. The third kappa shape index (κ3) is 4.19. The highest BCUT2D eigenvalue weighted by molar-refractivity contribution is 7.82. The maximum Gasteiger partial charge on any atom is 0.131 e. The molecule has 3 rings (SSSR count). The van der Waals surface area contributed by atoms with Gasteiger partial charge in [0.05, 0.1) is 27.9 Å². The van der Waals surface area contributed by atoms with E-state index in [9.17, 15) is 9.47 Å². The second-order valence-electron chi connectivity index (χ2n) is 6.76. The predicted octanol–water partition coefficient (Wildman–Crippen LogP) is 2.62. The molecule has 1 fully saturated rings. The van der Waals surface area contributed by atoms with Crippen molar-refractivity contribution >= 4 is 16.6 Å². The normalized spacial score (nSPS) is 15.7. The number of aryl methyl sites for hydroxylation is 3. The SMILES string of the molecule is Cc1ccc(C(C#N)=C2CCN(S(=O)c3c(C)nn(C)c3C)CC2)cc1.O. The summed E-state index contributed by atoms with van der Waals surface area (Å²) in [6.45, 7) is 7.27. The lowest BCUT2D eigenvalue weighted by molar-refractivity contribution is 0.414. The highest BCUT2D eigenvalue weighted by Crippen LogP contribution is 2.29. The molecule has 7 heteroatoms. The molecular weight excluding hydrogens is 360 g/mol. The van der Waals surface area contributed by atoms with Crippen LogP contribution in [-0.4, -0.2) is 36.9 Å². The van der Waals surface area contributed by atoms with Crippen molar-refractivity contribution in [2.45, 2.75) is 38.5 Å². The van der Waals surface area contributed by atoms with E-state index in [1.165, 1.54) is 5.56 Å². The lowest BCUT2D eigenvalue weighted by Gasteiger charge is -2.28. The van der Waals surface area contributed by atoms with Gasteiger partial charge in [-0.3, -0.25) is 4.68 Å². The van der Waals surface area contributed by atoms with Crippen LogP contribution in [0.25, 0.3) is 5.57 Å². The Hall–Kier alpha value is -2.27. The summed E-state index contributed by atoms with van der Waals surface area (Å²) in [5, 5.41) is 14.0. The molecule has 2 aromatic rings. The highest BCUT2D eigenvalue weighted by atomic mass is 32.2. The zero-order chi connectivity index (χ0) is 18.8. The Morgan fingerprint density at radius 3 is 2.22 bits per heavy atom. The molecule has 0 aliphatic carbocycles. The van der Waals surface area contributed by atoms with Gasteiger partial charge >= 0.3 is 0 Å². The van der Waals surface area contributed by atoms with Crippen LogP contribution in [0.15, 0.2) is 34.7 Å². The number of nitriles is 1. The Kier molecular flexibility index (Phi) is 6.71. The topological polar surface area (TPSA) is 93.4 Å². The molecular formula is C20H26N4O2S. The molecule has 1 aliphatic rings. The standard InChI is InChI=1S/C20H24N4OS.H2O/c1-14-5-7-17(8-6-14)19(13-21)18-9-11-24(12-10-18)26(25)20-15(2)22-23(4)16(20)3;/h5-8H,9-12H2,1-4H3;1H2. The van der Waals surface area contributed by atoms with E-state index >= 15 is 0 Å². The molecule has 0 spiro atoms. The van der Waals surface area contributed by atoms with Crippen molar-refractivity contribution in [2.24, 2.45) is 7.05 Å². The van der Waals surface area contributed by atoms with Gasteiger partial charge in [0.1, 0.15) is 11.0 Å². The fraction of sp³-hybridized carbons (Fsp3) is 0.400. The average molecular weight is 387 g/mol. The lowest BCUT2D eigenvalue weighted by Crippen LogP contribution is -2.33. The Bertz CT molecular complexity index is 913. The molecule has 0 radical (unpaired) electrons. The van der Waals surface area contributed by atoms with Crippen LogP contribution in [0.4, 0.5) is 0 Å². The van der Waals surface area contributed by atoms with Gasteiger partial charge in [-0.1, -0.05) is 29.8 Å². The predicted molar refractivity (Wildman–Crippen MR) is 107 cm³/mol. The quantitative estimate of drug-likeness (QED) is 0.759. The third-order valence-electron chi connectivity index (χ3n) is 4.98. The molecule has 0 saturated carbocycles. The number of benzene rings is 1. The van der Waals surface area contributed by atoms with E-state index < -0.39 is 11.0 Å². The molecule has 2 heterocycles. The van der Waals surface area contributed by atoms with Crippen molar-refractivity contribution in [3.8, 4) is 6.07 Å². The van der Waals surface area contributed by atoms with E-state index in [0.717, 1.165) is 45.8 Å². The molecule has 1 aromatic heterocycles. The van der Waals surface area contributed by atoms with Crippen molar-refractivity contribution in [3.63, 3.8) is 0 Å². The largest absolute Gasteiger partial charge is 0.412 e. The number of hydrogen-bond donors (Lipinski definition) is 0. The van der Waals surface area contributed by atoms with E-state index in [0.29, 0.717) is 13.1 Å². The average Bonchev–Trinajstić information content (AvgIpc) is 2.89. The Labute approximate surface area is 163 Å². The molecule has 144 valence electrons. The van der Waals surface area contributed by atoms with Crippen LogP contribution in [-0.2, 0) is 18.0 Å². The molecule has 0 bridgehead atoms. The fourth-order valence-corrected chi connectivity index (χ4v) is 4.83. The maximum absolute atomic E-state index is 13.0. The van der Waals surface area contributed by atoms with Crippen LogP contribution in [0.2, 0.25) is 0 Å². The van der Waals surface area contributed by atoms with Gasteiger partial charge in [0.2, 0.25) is 0 Å². The van der Waals surface area contributed by atoms with Gasteiger partial charge in [-0.05, 0) is 44.7 Å². The van der Waals surface area contributed by atoms with Crippen molar-refractivity contribution in [2.75, 3.05) is 13.1 Å². The van der Waals surface area contributed by atoms with Crippen LogP contribution in [0.1, 0.15) is 35.4 Å². The first kappa shape index (κ1) is 21.0. The van der Waals surface area contributed by atoms with E-state index in [-0.39, 0.29) is 5.48 Å². The molecule has 27 heavy (non-hydrogen) atoms. The summed E-state index contributed by atoms with van der Waals surface area (Å²) in [6, 6.07) is 10.5. The van der Waals surface area contributed by atoms with Crippen LogP contribution < -0.4 is 0 Å². The molecule has 2 N–H and O–H groups in total. The Balaban J connectivity index is 0.00000261. The number of piperidine rings is 1. The lowest BCUT2D eigenvalue weighted by atomic mass is 9.94. The van der Waals surface area contributed by atoms with Gasteiger partial charge in [-0.2, -0.15) is 10.4 Å². The molecule has 1 aliphatic heterocycles. The van der Waals surface area contributed by atoms with Crippen LogP contribution in [0.5, 0.6) is 0 Å². The summed E-state index contributed by atoms with van der Waals surface area (Å²) < 4.78 is 16.8. The van der Waals surface area contributed by atoms with Gasteiger partial charge in [0.25, 0.3) is 0 Å². The zero-order valence-corrected chi connectivity index (χ0v) is 17.1. The van der Waals surface area contributed by atoms with Gasteiger partial charge in [0, 0.05) is 20.1 Å². The van der Waals surface area contributed by atoms with E-state index in [4.69, 9.17) is 0 Å². The molecule has 0 amide bonds. The number of hydrogen-bond acceptors (Lipinski definition) is 3. The summed E-state index contributed by atoms with van der Waals surface area (Å²) in [4.78, 5) is 0.818. The highest BCUT2D eigenvalue weighted by Gasteiger charge is 2.26. The van der Waals surface area contributed by atoms with Crippen molar-refractivity contribution in [3.05, 3.63) is 52.4 Å². The van der Waals surface area contributed by atoms with Crippen molar-refractivity contribution in [1.82, 2.24) is 14.1 Å². The first-order valence-electron chi connectivity index (χ1n) is 8.78. The van der Waals surface area contributed by atoms with Crippen molar-refractivity contribution in [1.29, 1.82) is 5.26 Å². The summed E-state index contributed by atoms with van der Waals surface area (Å²) >= 11 is 0. The Morgan fingerprint density at radius 2 is 1.74 bits per heavy atom. The number of nitrogens with zero attached hydrogens (tertiary/aromatic N) is 4. The summed E-state index contributed by atoms with van der Waals surface area (Å²) in [5.41, 5.74) is 5.85. The first-order chi connectivity index (χ1) is 12.4. The Morgan fingerprint density at radius 1 is 1.15 bits per heavy atom. The minimum Gasteiger partial charge on any atom is -0.412 e. The molecule has 1 saturated heterocycles. The smallest absolute Gasteiger partial charge is 0.131 e. The summed E-state index contributed by atoms with van der Waals surface area (Å²) in [5.74, 6) is 0. The van der Waals surface area contributed by atoms with Gasteiger partial charge < -0.3 is 5.48 Å². The molecule has 1 unspecified atom stereocenters. The van der Waals surface area contributed by atoms with E-state index in [1.54, 1.807) is 4.68 Å². The van der Waals surface area contributed by atoms with Crippen LogP contribution in [0.3, 0.4) is 0 Å². The van der Waals surface area contributed by atoms with E-state index in [2.05, 4.69) is 11.2 Å².